The quantitative estimate of drug-likeness (QED) is 0.725. The van der Waals surface area contributed by atoms with Crippen LogP contribution in [0.5, 0.6) is 0 Å². The van der Waals surface area contributed by atoms with Crippen molar-refractivity contribution in [3.05, 3.63) is 11.4 Å². The van der Waals surface area contributed by atoms with Crippen LogP contribution in [0, 0.1) is 6.92 Å². The van der Waals surface area contributed by atoms with Gasteiger partial charge in [0, 0.05) is 12.1 Å². The van der Waals surface area contributed by atoms with E-state index in [2.05, 4.69) is 26.7 Å². The van der Waals surface area contributed by atoms with Crippen molar-refractivity contribution >= 4 is 10.0 Å². The average molecular weight is 302 g/mol. The highest BCUT2D eigenvalue weighted by Gasteiger charge is 2.30. The van der Waals surface area contributed by atoms with E-state index in [0.717, 1.165) is 19.4 Å². The van der Waals surface area contributed by atoms with E-state index >= 15 is 0 Å². The highest BCUT2D eigenvalue weighted by atomic mass is 32.2. The molecule has 0 aliphatic carbocycles. The zero-order chi connectivity index (χ0) is 14.9. The molecular weight excluding hydrogens is 280 g/mol. The molecule has 1 aromatic rings. The number of piperidine rings is 1. The number of aliphatic hydroxyl groups excluding tert-OH is 1. The van der Waals surface area contributed by atoms with Gasteiger partial charge in [-0.1, -0.05) is 0 Å². The molecule has 0 bridgehead atoms. The number of hydrogen-bond acceptors (Lipinski definition) is 5. The molecule has 1 saturated heterocycles. The van der Waals surface area contributed by atoms with Crippen LogP contribution in [0.15, 0.2) is 4.90 Å². The van der Waals surface area contributed by atoms with Gasteiger partial charge in [0.25, 0.3) is 0 Å². The van der Waals surface area contributed by atoms with Gasteiger partial charge < -0.3 is 10.0 Å². The van der Waals surface area contributed by atoms with Crippen LogP contribution in [0.25, 0.3) is 0 Å². The molecule has 8 heteroatoms. The second-order valence-electron chi connectivity index (χ2n) is 5.45. The first-order valence-electron chi connectivity index (χ1n) is 6.72. The van der Waals surface area contributed by atoms with E-state index in [9.17, 15) is 13.5 Å². The number of nitrogens with zero attached hydrogens (tertiary/aromatic N) is 2. The van der Waals surface area contributed by atoms with Gasteiger partial charge in [-0.25, -0.2) is 13.1 Å². The van der Waals surface area contributed by atoms with E-state index in [1.165, 1.54) is 0 Å². The van der Waals surface area contributed by atoms with Crippen LogP contribution in [0.2, 0.25) is 0 Å². The van der Waals surface area contributed by atoms with Gasteiger partial charge in [-0.15, -0.1) is 0 Å². The van der Waals surface area contributed by atoms with Gasteiger partial charge in [0.1, 0.15) is 10.6 Å². The van der Waals surface area contributed by atoms with E-state index in [1.807, 2.05) is 7.05 Å². The Labute approximate surface area is 119 Å². The van der Waals surface area contributed by atoms with Crippen LogP contribution in [-0.4, -0.2) is 54.3 Å². The molecule has 1 aromatic heterocycles. The molecule has 3 N–H and O–H groups in total. The summed E-state index contributed by atoms with van der Waals surface area (Å²) in [5, 5.41) is 15.6. The maximum absolute atomic E-state index is 12.5. The lowest BCUT2D eigenvalue weighted by molar-refractivity contribution is 0.178. The minimum absolute atomic E-state index is 0.0755. The lowest BCUT2D eigenvalue weighted by Crippen LogP contribution is -2.47. The summed E-state index contributed by atoms with van der Waals surface area (Å²) in [6.07, 6.45) is 1.56. The molecular formula is C12H22N4O3S. The molecule has 1 aliphatic heterocycles. The Morgan fingerprint density at radius 1 is 1.55 bits per heavy atom. The standard InChI is InChI=1S/C12H22N4O3S/c1-8-6-10(4-5-16(8)3)15-20(18,19)12-9(2)13-14-11(12)7-17/h8,10,15,17H,4-7H2,1-3H3,(H,13,14). The Balaban J connectivity index is 2.17. The van der Waals surface area contributed by atoms with Crippen LogP contribution in [0.3, 0.4) is 0 Å². The number of rotatable bonds is 4. The van der Waals surface area contributed by atoms with Crippen molar-refractivity contribution in [2.45, 2.75) is 50.3 Å². The molecule has 114 valence electrons. The monoisotopic (exact) mass is 302 g/mol. The Morgan fingerprint density at radius 2 is 2.25 bits per heavy atom. The van der Waals surface area contributed by atoms with Gasteiger partial charge in [-0.2, -0.15) is 5.10 Å². The fourth-order valence-electron chi connectivity index (χ4n) is 2.61. The van der Waals surface area contributed by atoms with E-state index in [0.29, 0.717) is 11.7 Å². The lowest BCUT2D eigenvalue weighted by Gasteiger charge is -2.35. The maximum Gasteiger partial charge on any atom is 0.244 e. The molecule has 2 atom stereocenters. The number of H-pyrrole nitrogens is 1. The van der Waals surface area contributed by atoms with Crippen molar-refractivity contribution < 1.29 is 13.5 Å². The molecule has 0 saturated carbocycles. The molecule has 0 aromatic carbocycles. The number of aromatic amines is 1. The summed E-state index contributed by atoms with van der Waals surface area (Å²) in [6.45, 7) is 4.19. The smallest absolute Gasteiger partial charge is 0.244 e. The first kappa shape index (κ1) is 15.4. The van der Waals surface area contributed by atoms with Crippen molar-refractivity contribution in [3.63, 3.8) is 0 Å². The van der Waals surface area contributed by atoms with Crippen LogP contribution in [-0.2, 0) is 16.6 Å². The van der Waals surface area contributed by atoms with E-state index in [4.69, 9.17) is 0 Å². The second-order valence-corrected chi connectivity index (χ2v) is 7.11. The minimum atomic E-state index is -3.65. The Bertz CT molecular complexity index is 569. The maximum atomic E-state index is 12.5. The van der Waals surface area contributed by atoms with Crippen LogP contribution in [0.1, 0.15) is 31.2 Å². The summed E-state index contributed by atoms with van der Waals surface area (Å²) in [7, 11) is -1.61. The van der Waals surface area contributed by atoms with Gasteiger partial charge >= 0.3 is 0 Å². The fourth-order valence-corrected chi connectivity index (χ4v) is 4.25. The predicted molar refractivity (Wildman–Crippen MR) is 74.7 cm³/mol. The van der Waals surface area contributed by atoms with Gasteiger partial charge in [-0.3, -0.25) is 5.10 Å². The van der Waals surface area contributed by atoms with Gasteiger partial charge in [-0.05, 0) is 40.3 Å². The summed E-state index contributed by atoms with van der Waals surface area (Å²) < 4.78 is 27.6. The van der Waals surface area contributed by atoms with E-state index < -0.39 is 16.6 Å². The number of aromatic nitrogens is 2. The zero-order valence-electron chi connectivity index (χ0n) is 12.0. The molecule has 0 amide bonds. The normalized spacial score (nSPS) is 25.0. The third-order valence-corrected chi connectivity index (χ3v) is 5.63. The molecule has 2 rings (SSSR count). The molecule has 1 aliphatic rings. The van der Waals surface area contributed by atoms with Crippen molar-refractivity contribution in [1.29, 1.82) is 0 Å². The molecule has 2 unspecified atom stereocenters. The third kappa shape index (κ3) is 3.03. The van der Waals surface area contributed by atoms with Crippen LogP contribution >= 0.6 is 0 Å². The summed E-state index contributed by atoms with van der Waals surface area (Å²) in [6, 6.07) is 0.270. The first-order valence-corrected chi connectivity index (χ1v) is 8.20. The highest BCUT2D eigenvalue weighted by molar-refractivity contribution is 7.89. The average Bonchev–Trinajstić information content (AvgIpc) is 2.75. The number of hydrogen-bond donors (Lipinski definition) is 3. The zero-order valence-corrected chi connectivity index (χ0v) is 12.9. The SMILES string of the molecule is Cc1[nH]nc(CO)c1S(=O)(=O)NC1CCN(C)C(C)C1. The largest absolute Gasteiger partial charge is 0.390 e. The van der Waals surface area contributed by atoms with Crippen molar-refractivity contribution in [1.82, 2.24) is 19.8 Å². The van der Waals surface area contributed by atoms with Crippen LogP contribution in [0.4, 0.5) is 0 Å². The number of likely N-dealkylation sites (tertiary alicyclic amines) is 1. The molecule has 2 heterocycles. The van der Waals surface area contributed by atoms with Gasteiger partial charge in [0.2, 0.25) is 10.0 Å². The highest BCUT2D eigenvalue weighted by Crippen LogP contribution is 2.21. The van der Waals surface area contributed by atoms with Crippen molar-refractivity contribution in [2.24, 2.45) is 0 Å². The van der Waals surface area contributed by atoms with Crippen LogP contribution < -0.4 is 4.72 Å². The summed E-state index contributed by atoms with van der Waals surface area (Å²) in [5.74, 6) is 0. The topological polar surface area (TPSA) is 98.3 Å². The number of aryl methyl sites for hydroxylation is 1. The fraction of sp³-hybridized carbons (Fsp3) is 0.750. The Hall–Kier alpha value is -0.960. The van der Waals surface area contributed by atoms with E-state index in [-0.39, 0.29) is 16.6 Å². The Kier molecular flexibility index (Phi) is 4.48. The van der Waals surface area contributed by atoms with Gasteiger partial charge in [0.15, 0.2) is 0 Å². The second kappa shape index (κ2) is 5.80. The summed E-state index contributed by atoms with van der Waals surface area (Å²) in [5.41, 5.74) is 0.610. The molecule has 20 heavy (non-hydrogen) atoms. The molecule has 0 radical (unpaired) electrons. The summed E-state index contributed by atoms with van der Waals surface area (Å²) in [4.78, 5) is 2.29. The molecule has 7 nitrogen and oxygen atoms in total. The minimum Gasteiger partial charge on any atom is -0.390 e. The number of aliphatic hydroxyl groups is 1. The van der Waals surface area contributed by atoms with Gasteiger partial charge in [0.05, 0.1) is 12.3 Å². The third-order valence-electron chi connectivity index (χ3n) is 3.91. The number of sulfonamides is 1. The predicted octanol–water partition coefficient (Wildman–Crippen LogP) is -0.0286. The van der Waals surface area contributed by atoms with Crippen molar-refractivity contribution in [2.75, 3.05) is 13.6 Å². The Morgan fingerprint density at radius 3 is 2.85 bits per heavy atom. The molecule has 0 spiro atoms. The number of nitrogens with one attached hydrogen (secondary N) is 2. The van der Waals surface area contributed by atoms with Crippen molar-refractivity contribution in [3.8, 4) is 0 Å². The van der Waals surface area contributed by atoms with E-state index in [1.54, 1.807) is 6.92 Å². The molecule has 1 fully saturated rings. The summed E-state index contributed by atoms with van der Waals surface area (Å²) >= 11 is 0. The lowest BCUT2D eigenvalue weighted by atomic mass is 10.0. The first-order chi connectivity index (χ1) is 9.35.